The van der Waals surface area contributed by atoms with Crippen molar-refractivity contribution in [3.8, 4) is 0 Å². The van der Waals surface area contributed by atoms with Gasteiger partial charge in [-0.2, -0.15) is 0 Å². The lowest BCUT2D eigenvalue weighted by atomic mass is 10.1. The van der Waals surface area contributed by atoms with E-state index in [9.17, 15) is 0 Å². The van der Waals surface area contributed by atoms with Gasteiger partial charge in [0.2, 0.25) is 0 Å². The number of rotatable bonds is 6. The highest BCUT2D eigenvalue weighted by Gasteiger charge is 2.04. The second kappa shape index (κ2) is 7.61. The molecule has 0 bridgehead atoms. The number of hydrogen-bond acceptors (Lipinski definition) is 2. The zero-order chi connectivity index (χ0) is 11.8. The fourth-order valence-electron chi connectivity index (χ4n) is 1.49. The number of hydrogen-bond donors (Lipinski definition) is 0. The highest BCUT2D eigenvalue weighted by atomic mass is 14.8. The van der Waals surface area contributed by atoms with E-state index in [0.29, 0.717) is 12.1 Å². The van der Waals surface area contributed by atoms with Gasteiger partial charge in [0.1, 0.15) is 0 Å². The molecule has 0 unspecified atom stereocenters. The molecular weight excluding hydrogens is 184 g/mol. The van der Waals surface area contributed by atoms with Crippen LogP contribution in [0.3, 0.4) is 0 Å². The molecule has 0 fully saturated rings. The molecule has 0 amide bonds. The third kappa shape index (κ3) is 7.29. The Hall–Kier alpha value is -0.660. The molecule has 0 aromatic heterocycles. The van der Waals surface area contributed by atoms with Gasteiger partial charge in [0.25, 0.3) is 0 Å². The predicted molar refractivity (Wildman–Crippen MR) is 70.3 cm³/mol. The molecule has 0 rings (SSSR count). The van der Waals surface area contributed by atoms with E-state index in [0.717, 1.165) is 19.3 Å². The van der Waals surface area contributed by atoms with E-state index < -0.39 is 0 Å². The van der Waals surface area contributed by atoms with Crippen molar-refractivity contribution in [3.05, 3.63) is 0 Å². The van der Waals surface area contributed by atoms with E-state index in [1.165, 1.54) is 11.4 Å². The van der Waals surface area contributed by atoms with Crippen molar-refractivity contribution in [2.45, 2.75) is 72.9 Å². The lowest BCUT2D eigenvalue weighted by Gasteiger charge is -2.09. The van der Waals surface area contributed by atoms with Crippen LogP contribution in [0.5, 0.6) is 0 Å². The van der Waals surface area contributed by atoms with Crippen molar-refractivity contribution in [1.82, 2.24) is 0 Å². The van der Waals surface area contributed by atoms with Crippen molar-refractivity contribution in [3.63, 3.8) is 0 Å². The maximum Gasteiger partial charge on any atom is 0.0442 e. The van der Waals surface area contributed by atoms with Crippen LogP contribution >= 0.6 is 0 Å². The normalized spacial score (nSPS) is 14.1. The Morgan fingerprint density at radius 2 is 1.13 bits per heavy atom. The van der Waals surface area contributed by atoms with Crippen LogP contribution in [0, 0.1) is 0 Å². The Balaban J connectivity index is 4.51. The van der Waals surface area contributed by atoms with Crippen LogP contribution in [-0.2, 0) is 0 Å². The molecule has 2 heteroatoms. The second-order valence-electron chi connectivity index (χ2n) is 4.46. The standard InChI is InChI=1S/C13H26N2/c1-7-12(14-10(3)4)9-13(8-2)15-11(5)6/h10-11H,7-9H2,1-6H3. The molecule has 2 nitrogen and oxygen atoms in total. The third-order valence-electron chi connectivity index (χ3n) is 2.11. The van der Waals surface area contributed by atoms with E-state index in [1.54, 1.807) is 0 Å². The quantitative estimate of drug-likeness (QED) is 0.594. The summed E-state index contributed by atoms with van der Waals surface area (Å²) in [6.45, 7) is 12.8. The van der Waals surface area contributed by atoms with Crippen molar-refractivity contribution in [2.75, 3.05) is 0 Å². The Labute approximate surface area is 94.9 Å². The largest absolute Gasteiger partial charge is 0.291 e. The summed E-state index contributed by atoms with van der Waals surface area (Å²) in [5.74, 6) is 0. The number of nitrogens with zero attached hydrogens (tertiary/aromatic N) is 2. The fourth-order valence-corrected chi connectivity index (χ4v) is 1.49. The van der Waals surface area contributed by atoms with Gasteiger partial charge in [0.05, 0.1) is 0 Å². The summed E-state index contributed by atoms with van der Waals surface area (Å²) in [6.07, 6.45) is 3.04. The van der Waals surface area contributed by atoms with Crippen molar-refractivity contribution in [2.24, 2.45) is 9.98 Å². The molecule has 0 aromatic rings. The van der Waals surface area contributed by atoms with Crippen LogP contribution in [0.4, 0.5) is 0 Å². The lowest BCUT2D eigenvalue weighted by molar-refractivity contribution is 0.818. The maximum atomic E-state index is 4.63. The van der Waals surface area contributed by atoms with Gasteiger partial charge in [-0.15, -0.1) is 0 Å². The summed E-state index contributed by atoms with van der Waals surface area (Å²) >= 11 is 0. The molecule has 0 aliphatic carbocycles. The van der Waals surface area contributed by atoms with Crippen LogP contribution in [0.2, 0.25) is 0 Å². The Morgan fingerprint density at radius 3 is 1.33 bits per heavy atom. The molecule has 0 saturated heterocycles. The molecule has 15 heavy (non-hydrogen) atoms. The van der Waals surface area contributed by atoms with E-state index in [1.807, 2.05) is 0 Å². The SMILES string of the molecule is CCC(CC(CC)=NC(C)C)=NC(C)C. The second-order valence-corrected chi connectivity index (χ2v) is 4.46. The molecule has 0 aliphatic heterocycles. The predicted octanol–water partition coefficient (Wildman–Crippen LogP) is 3.90. The van der Waals surface area contributed by atoms with Gasteiger partial charge in [-0.05, 0) is 40.5 Å². The minimum absolute atomic E-state index is 0.400. The molecule has 0 saturated carbocycles. The van der Waals surface area contributed by atoms with E-state index in [-0.39, 0.29) is 0 Å². The number of aliphatic imine (C=N–C) groups is 2. The third-order valence-corrected chi connectivity index (χ3v) is 2.11. The zero-order valence-electron chi connectivity index (χ0n) is 11.2. The van der Waals surface area contributed by atoms with Crippen molar-refractivity contribution < 1.29 is 0 Å². The highest BCUT2D eigenvalue weighted by molar-refractivity contribution is 6.04. The first-order valence-corrected chi connectivity index (χ1v) is 6.10. The first-order chi connectivity index (χ1) is 6.99. The minimum Gasteiger partial charge on any atom is -0.291 e. The summed E-state index contributed by atoms with van der Waals surface area (Å²) in [6, 6.07) is 0.800. The van der Waals surface area contributed by atoms with Gasteiger partial charge < -0.3 is 0 Å². The topological polar surface area (TPSA) is 24.7 Å². The van der Waals surface area contributed by atoms with Gasteiger partial charge in [-0.3, -0.25) is 9.98 Å². The summed E-state index contributed by atoms with van der Waals surface area (Å²) < 4.78 is 0. The van der Waals surface area contributed by atoms with Crippen molar-refractivity contribution in [1.29, 1.82) is 0 Å². The molecule has 0 radical (unpaired) electrons. The van der Waals surface area contributed by atoms with Gasteiger partial charge in [0, 0.05) is 29.9 Å². The Kier molecular flexibility index (Phi) is 7.27. The summed E-state index contributed by atoms with van der Waals surface area (Å²) in [5, 5.41) is 0. The van der Waals surface area contributed by atoms with Crippen LogP contribution in [-0.4, -0.2) is 23.5 Å². The molecular formula is C13H26N2. The minimum atomic E-state index is 0.400. The van der Waals surface area contributed by atoms with Gasteiger partial charge in [-0.25, -0.2) is 0 Å². The first kappa shape index (κ1) is 14.3. The first-order valence-electron chi connectivity index (χ1n) is 6.10. The van der Waals surface area contributed by atoms with Crippen molar-refractivity contribution >= 4 is 11.4 Å². The van der Waals surface area contributed by atoms with Crippen LogP contribution in [0.25, 0.3) is 0 Å². The van der Waals surface area contributed by atoms with E-state index in [2.05, 4.69) is 51.5 Å². The highest BCUT2D eigenvalue weighted by Crippen LogP contribution is 2.04. The van der Waals surface area contributed by atoms with Crippen LogP contribution in [0.1, 0.15) is 60.8 Å². The summed E-state index contributed by atoms with van der Waals surface area (Å²) in [7, 11) is 0. The molecule has 0 heterocycles. The van der Waals surface area contributed by atoms with Gasteiger partial charge >= 0.3 is 0 Å². The summed E-state index contributed by atoms with van der Waals surface area (Å²) in [5.41, 5.74) is 2.57. The molecule has 0 N–H and O–H groups in total. The van der Waals surface area contributed by atoms with Gasteiger partial charge in [0.15, 0.2) is 0 Å². The Bertz CT molecular complexity index is 201. The Morgan fingerprint density at radius 1 is 0.800 bits per heavy atom. The van der Waals surface area contributed by atoms with Gasteiger partial charge in [-0.1, -0.05) is 13.8 Å². The maximum absolute atomic E-state index is 4.63. The summed E-state index contributed by atoms with van der Waals surface area (Å²) in [4.78, 5) is 9.25. The molecule has 0 atom stereocenters. The molecule has 0 spiro atoms. The lowest BCUT2D eigenvalue weighted by Crippen LogP contribution is -2.10. The van der Waals surface area contributed by atoms with Crippen LogP contribution < -0.4 is 0 Å². The average Bonchev–Trinajstić information content (AvgIpc) is 2.14. The van der Waals surface area contributed by atoms with E-state index >= 15 is 0 Å². The fraction of sp³-hybridized carbons (Fsp3) is 0.846. The zero-order valence-corrected chi connectivity index (χ0v) is 11.2. The van der Waals surface area contributed by atoms with E-state index in [4.69, 9.17) is 0 Å². The van der Waals surface area contributed by atoms with Crippen LogP contribution in [0.15, 0.2) is 9.98 Å². The molecule has 0 aliphatic rings. The average molecular weight is 210 g/mol. The smallest absolute Gasteiger partial charge is 0.0442 e. The molecule has 88 valence electrons. The molecule has 0 aromatic carbocycles. The monoisotopic (exact) mass is 210 g/mol.